The van der Waals surface area contributed by atoms with Crippen molar-refractivity contribution < 1.29 is 4.79 Å². The standard InChI is InChI=1S/C11H8Br2ClNOS2/c1-15(5-6-2-3-9(14)17-6)11(16)8-4-7(12)10(13)18-8/h2-4H,5H2,1H3. The van der Waals surface area contributed by atoms with Gasteiger partial charge in [-0.25, -0.2) is 0 Å². The molecule has 0 N–H and O–H groups in total. The minimum atomic E-state index is 0.0101. The molecule has 2 aromatic heterocycles. The first kappa shape index (κ1) is 14.5. The van der Waals surface area contributed by atoms with Gasteiger partial charge in [0.1, 0.15) is 0 Å². The lowest BCUT2D eigenvalue weighted by Crippen LogP contribution is -2.24. The predicted octanol–water partition coefficient (Wildman–Crippen LogP) is 5.26. The molecule has 18 heavy (non-hydrogen) atoms. The first-order valence-electron chi connectivity index (χ1n) is 4.92. The SMILES string of the molecule is CN(Cc1ccc(Cl)s1)C(=O)c1cc(Br)c(Br)s1. The van der Waals surface area contributed by atoms with E-state index in [1.807, 2.05) is 18.2 Å². The van der Waals surface area contributed by atoms with Crippen LogP contribution in [-0.2, 0) is 6.54 Å². The molecule has 0 saturated carbocycles. The Hall–Kier alpha value is 0.120. The summed E-state index contributed by atoms with van der Waals surface area (Å²) < 4.78 is 2.58. The highest BCUT2D eigenvalue weighted by Crippen LogP contribution is 2.33. The summed E-state index contributed by atoms with van der Waals surface area (Å²) in [6, 6.07) is 5.62. The Morgan fingerprint density at radius 1 is 1.39 bits per heavy atom. The van der Waals surface area contributed by atoms with E-state index in [9.17, 15) is 4.79 Å². The lowest BCUT2D eigenvalue weighted by Gasteiger charge is -2.14. The highest BCUT2D eigenvalue weighted by atomic mass is 79.9. The average Bonchev–Trinajstić information content (AvgIpc) is 2.85. The summed E-state index contributed by atoms with van der Waals surface area (Å²) in [4.78, 5) is 15.7. The molecule has 0 aliphatic carbocycles. The smallest absolute Gasteiger partial charge is 0.264 e. The van der Waals surface area contributed by atoms with Gasteiger partial charge >= 0.3 is 0 Å². The number of rotatable bonds is 3. The molecule has 2 nitrogen and oxygen atoms in total. The first-order chi connectivity index (χ1) is 8.47. The molecule has 0 unspecified atom stereocenters. The molecule has 1 amide bonds. The number of carbonyl (C=O) groups is 1. The summed E-state index contributed by atoms with van der Waals surface area (Å²) >= 11 is 15.6. The topological polar surface area (TPSA) is 20.3 Å². The van der Waals surface area contributed by atoms with Gasteiger partial charge in [-0.1, -0.05) is 11.6 Å². The molecular formula is C11H8Br2ClNOS2. The van der Waals surface area contributed by atoms with Gasteiger partial charge in [-0.3, -0.25) is 4.79 Å². The van der Waals surface area contributed by atoms with Crippen molar-refractivity contribution in [3.05, 3.63) is 40.5 Å². The van der Waals surface area contributed by atoms with E-state index in [1.54, 1.807) is 11.9 Å². The van der Waals surface area contributed by atoms with Crippen LogP contribution in [0.5, 0.6) is 0 Å². The Bertz CT molecular complexity index is 562. The van der Waals surface area contributed by atoms with Gasteiger partial charge in [0, 0.05) is 16.4 Å². The fourth-order valence-corrected chi connectivity index (χ4v) is 4.55. The fourth-order valence-electron chi connectivity index (χ4n) is 1.38. The molecule has 2 heterocycles. The highest BCUT2D eigenvalue weighted by Gasteiger charge is 2.16. The summed E-state index contributed by atoms with van der Waals surface area (Å²) in [5, 5.41) is 0. The van der Waals surface area contributed by atoms with Gasteiger partial charge in [-0.05, 0) is 50.1 Å². The van der Waals surface area contributed by atoms with Crippen molar-refractivity contribution in [2.45, 2.75) is 6.54 Å². The first-order valence-corrected chi connectivity index (χ1v) is 8.51. The monoisotopic (exact) mass is 427 g/mol. The van der Waals surface area contributed by atoms with E-state index in [2.05, 4.69) is 31.9 Å². The Morgan fingerprint density at radius 3 is 2.61 bits per heavy atom. The van der Waals surface area contributed by atoms with Gasteiger partial charge in [0.2, 0.25) is 0 Å². The number of thiophene rings is 2. The Labute approximate surface area is 135 Å². The van der Waals surface area contributed by atoms with Crippen LogP contribution in [0.15, 0.2) is 26.5 Å². The van der Waals surface area contributed by atoms with Crippen LogP contribution in [0.1, 0.15) is 14.5 Å². The minimum Gasteiger partial charge on any atom is -0.336 e. The molecule has 2 aromatic rings. The van der Waals surface area contributed by atoms with Crippen LogP contribution in [0.2, 0.25) is 4.34 Å². The summed E-state index contributed by atoms with van der Waals surface area (Å²) in [6.45, 7) is 0.573. The van der Waals surface area contributed by atoms with Gasteiger partial charge in [0.05, 0.1) is 19.5 Å². The maximum atomic E-state index is 12.2. The molecule has 0 atom stereocenters. The second kappa shape index (κ2) is 6.05. The Balaban J connectivity index is 2.09. The largest absolute Gasteiger partial charge is 0.336 e. The van der Waals surface area contributed by atoms with E-state index < -0.39 is 0 Å². The molecule has 0 saturated heterocycles. The zero-order valence-corrected chi connectivity index (χ0v) is 14.8. The van der Waals surface area contributed by atoms with E-state index in [1.165, 1.54) is 22.7 Å². The third kappa shape index (κ3) is 3.36. The third-order valence-electron chi connectivity index (χ3n) is 2.22. The zero-order valence-electron chi connectivity index (χ0n) is 9.25. The highest BCUT2D eigenvalue weighted by molar-refractivity contribution is 9.13. The van der Waals surface area contributed by atoms with Crippen LogP contribution in [0.25, 0.3) is 0 Å². The van der Waals surface area contributed by atoms with E-state index in [-0.39, 0.29) is 5.91 Å². The summed E-state index contributed by atoms with van der Waals surface area (Å²) in [5.74, 6) is 0.0101. The molecule has 0 spiro atoms. The molecule has 96 valence electrons. The minimum absolute atomic E-state index is 0.0101. The van der Waals surface area contributed by atoms with E-state index in [0.29, 0.717) is 11.4 Å². The number of hydrogen-bond donors (Lipinski definition) is 0. The lowest BCUT2D eigenvalue weighted by molar-refractivity contribution is 0.0791. The van der Waals surface area contributed by atoms with Gasteiger partial charge in [-0.2, -0.15) is 0 Å². The maximum absolute atomic E-state index is 12.2. The molecular weight excluding hydrogens is 422 g/mol. The van der Waals surface area contributed by atoms with Crippen molar-refractivity contribution in [3.63, 3.8) is 0 Å². The quantitative estimate of drug-likeness (QED) is 0.652. The molecule has 0 fully saturated rings. The number of carbonyl (C=O) groups excluding carboxylic acids is 1. The van der Waals surface area contributed by atoms with Crippen molar-refractivity contribution in [2.75, 3.05) is 7.05 Å². The van der Waals surface area contributed by atoms with Crippen molar-refractivity contribution in [1.29, 1.82) is 0 Å². The van der Waals surface area contributed by atoms with E-state index in [4.69, 9.17) is 11.6 Å². The van der Waals surface area contributed by atoms with Crippen LogP contribution in [0.4, 0.5) is 0 Å². The van der Waals surface area contributed by atoms with Crippen molar-refractivity contribution in [3.8, 4) is 0 Å². The Kier molecular flexibility index (Phi) is 4.88. The molecule has 0 aliphatic heterocycles. The summed E-state index contributed by atoms with van der Waals surface area (Å²) in [7, 11) is 1.79. The van der Waals surface area contributed by atoms with E-state index >= 15 is 0 Å². The van der Waals surface area contributed by atoms with E-state index in [0.717, 1.165) is 17.5 Å². The third-order valence-corrected chi connectivity index (χ3v) is 6.68. The normalized spacial score (nSPS) is 10.7. The van der Waals surface area contributed by atoms with Crippen LogP contribution in [0, 0.1) is 0 Å². The fraction of sp³-hybridized carbons (Fsp3) is 0.182. The van der Waals surface area contributed by atoms with Gasteiger partial charge in [0.15, 0.2) is 0 Å². The number of amides is 1. The number of nitrogens with zero attached hydrogens (tertiary/aromatic N) is 1. The van der Waals surface area contributed by atoms with Crippen LogP contribution in [-0.4, -0.2) is 17.9 Å². The lowest BCUT2D eigenvalue weighted by atomic mass is 10.4. The van der Waals surface area contributed by atoms with Crippen LogP contribution < -0.4 is 0 Å². The summed E-state index contributed by atoms with van der Waals surface area (Å²) in [6.07, 6.45) is 0. The van der Waals surface area contributed by atoms with Crippen molar-refractivity contribution >= 4 is 72.0 Å². The Morgan fingerprint density at radius 2 is 2.11 bits per heavy atom. The van der Waals surface area contributed by atoms with Gasteiger partial charge < -0.3 is 4.90 Å². The van der Waals surface area contributed by atoms with Crippen LogP contribution >= 0.6 is 66.1 Å². The second-order valence-electron chi connectivity index (χ2n) is 3.60. The molecule has 2 rings (SSSR count). The zero-order chi connectivity index (χ0) is 13.3. The van der Waals surface area contributed by atoms with Gasteiger partial charge in [0.25, 0.3) is 5.91 Å². The van der Waals surface area contributed by atoms with Crippen molar-refractivity contribution in [2.24, 2.45) is 0 Å². The number of hydrogen-bond acceptors (Lipinski definition) is 3. The molecule has 0 radical (unpaired) electrons. The second-order valence-corrected chi connectivity index (χ2v) is 8.62. The van der Waals surface area contributed by atoms with Gasteiger partial charge in [-0.15, -0.1) is 22.7 Å². The average molecular weight is 430 g/mol. The van der Waals surface area contributed by atoms with Crippen LogP contribution in [0.3, 0.4) is 0 Å². The summed E-state index contributed by atoms with van der Waals surface area (Å²) in [5.41, 5.74) is 0. The van der Waals surface area contributed by atoms with Crippen molar-refractivity contribution in [1.82, 2.24) is 4.90 Å². The molecule has 0 aliphatic rings. The number of halogens is 3. The predicted molar refractivity (Wildman–Crippen MR) is 84.8 cm³/mol. The maximum Gasteiger partial charge on any atom is 0.264 e. The molecule has 7 heteroatoms. The molecule has 0 bridgehead atoms. The molecule has 0 aromatic carbocycles.